The molecule has 5 heteroatoms. The average Bonchev–Trinajstić information content (AvgIpc) is 2.21. The Kier molecular flexibility index (Phi) is 4.59. The Bertz CT molecular complexity index is 322. The third-order valence-corrected chi connectivity index (χ3v) is 3.90. The van der Waals surface area contributed by atoms with Crippen molar-refractivity contribution >= 4 is 12.0 Å². The summed E-state index contributed by atoms with van der Waals surface area (Å²) in [6.45, 7) is 6.38. The maximum atomic E-state index is 11.7. The van der Waals surface area contributed by atoms with Crippen molar-refractivity contribution in [3.8, 4) is 0 Å². The van der Waals surface area contributed by atoms with Crippen molar-refractivity contribution in [1.29, 1.82) is 0 Å². The number of hydrogen-bond donors (Lipinski definition) is 3. The molecule has 3 N–H and O–H groups in total. The number of carbonyl (C=O) groups is 2. The minimum atomic E-state index is -0.786. The molecule has 0 spiro atoms. The third kappa shape index (κ3) is 4.20. The van der Waals surface area contributed by atoms with Gasteiger partial charge in [0.2, 0.25) is 0 Å². The zero-order valence-corrected chi connectivity index (χ0v) is 11.5. The Morgan fingerprint density at radius 2 is 1.94 bits per heavy atom. The van der Waals surface area contributed by atoms with Gasteiger partial charge in [-0.15, -0.1) is 0 Å². The molecule has 104 valence electrons. The minimum absolute atomic E-state index is 0.143. The molecule has 5 nitrogen and oxygen atoms in total. The van der Waals surface area contributed by atoms with Crippen LogP contribution in [0.25, 0.3) is 0 Å². The highest BCUT2D eigenvalue weighted by Gasteiger charge is 2.39. The van der Waals surface area contributed by atoms with E-state index in [9.17, 15) is 9.59 Å². The quantitative estimate of drug-likeness (QED) is 0.681. The molecule has 0 aliphatic heterocycles. The van der Waals surface area contributed by atoms with Gasteiger partial charge in [-0.05, 0) is 38.5 Å². The second kappa shape index (κ2) is 5.59. The van der Waals surface area contributed by atoms with Crippen LogP contribution in [0.5, 0.6) is 0 Å². The maximum absolute atomic E-state index is 11.7. The fourth-order valence-corrected chi connectivity index (χ4v) is 2.12. The molecule has 18 heavy (non-hydrogen) atoms. The van der Waals surface area contributed by atoms with E-state index in [4.69, 9.17) is 5.11 Å². The number of carboxylic acids is 1. The van der Waals surface area contributed by atoms with Crippen LogP contribution in [0.3, 0.4) is 0 Å². The smallest absolute Gasteiger partial charge is 0.315 e. The van der Waals surface area contributed by atoms with Crippen molar-refractivity contribution < 1.29 is 14.7 Å². The summed E-state index contributed by atoms with van der Waals surface area (Å²) in [7, 11) is 0. The van der Waals surface area contributed by atoms with Crippen LogP contribution in [0.15, 0.2) is 0 Å². The first-order chi connectivity index (χ1) is 8.29. The number of carbonyl (C=O) groups excluding carboxylic acids is 1. The summed E-state index contributed by atoms with van der Waals surface area (Å²) in [5.41, 5.74) is -0.455. The summed E-state index contributed by atoms with van der Waals surface area (Å²) >= 11 is 0. The Balaban J connectivity index is 2.39. The number of amides is 2. The van der Waals surface area contributed by atoms with Crippen molar-refractivity contribution in [2.24, 2.45) is 5.41 Å². The van der Waals surface area contributed by atoms with Crippen LogP contribution in [0.2, 0.25) is 0 Å². The Hall–Kier alpha value is -1.26. The van der Waals surface area contributed by atoms with Crippen LogP contribution < -0.4 is 10.6 Å². The van der Waals surface area contributed by atoms with Gasteiger partial charge in [0.05, 0.1) is 6.42 Å². The summed E-state index contributed by atoms with van der Waals surface area (Å²) in [5, 5.41) is 14.6. The molecule has 0 heterocycles. The van der Waals surface area contributed by atoms with E-state index in [1.165, 1.54) is 0 Å². The molecule has 0 saturated heterocycles. The maximum Gasteiger partial charge on any atom is 0.315 e. The van der Waals surface area contributed by atoms with E-state index in [-0.39, 0.29) is 23.4 Å². The van der Waals surface area contributed by atoms with Gasteiger partial charge in [0.25, 0.3) is 0 Å². The molecule has 0 unspecified atom stereocenters. The lowest BCUT2D eigenvalue weighted by molar-refractivity contribution is -0.141. The topological polar surface area (TPSA) is 78.4 Å². The monoisotopic (exact) mass is 256 g/mol. The van der Waals surface area contributed by atoms with Crippen LogP contribution >= 0.6 is 0 Å². The molecule has 0 aromatic heterocycles. The summed E-state index contributed by atoms with van der Waals surface area (Å²) in [6, 6.07) is -0.210. The Labute approximate surface area is 108 Å². The van der Waals surface area contributed by atoms with Gasteiger partial charge in [-0.2, -0.15) is 0 Å². The van der Waals surface area contributed by atoms with Crippen molar-refractivity contribution in [3.63, 3.8) is 0 Å². The lowest BCUT2D eigenvalue weighted by atomic mass is 9.66. The van der Waals surface area contributed by atoms with E-state index in [0.717, 1.165) is 25.7 Å². The Morgan fingerprint density at radius 1 is 1.33 bits per heavy atom. The fraction of sp³-hybridized carbons (Fsp3) is 0.846. The van der Waals surface area contributed by atoms with Crippen LogP contribution in [-0.2, 0) is 4.79 Å². The standard InChI is InChI=1S/C13H24N2O3/c1-4-12(2,3)15-11(18)14-9-13(6-5-7-13)8-10(16)17/h4-9H2,1-3H3,(H,16,17)(H2,14,15,18). The summed E-state index contributed by atoms with van der Waals surface area (Å²) in [5.74, 6) is -0.786. The lowest BCUT2D eigenvalue weighted by Crippen LogP contribution is -2.51. The van der Waals surface area contributed by atoms with Crippen molar-refractivity contribution in [3.05, 3.63) is 0 Å². The van der Waals surface area contributed by atoms with Gasteiger partial charge in [-0.1, -0.05) is 13.3 Å². The van der Waals surface area contributed by atoms with E-state index < -0.39 is 5.97 Å². The second-order valence-electron chi connectivity index (χ2n) is 5.97. The molecular weight excluding hydrogens is 232 g/mol. The molecule has 1 fully saturated rings. The first kappa shape index (κ1) is 14.8. The molecule has 0 aromatic carbocycles. The van der Waals surface area contributed by atoms with Crippen molar-refractivity contribution in [2.45, 2.75) is 58.4 Å². The summed E-state index contributed by atoms with van der Waals surface area (Å²) < 4.78 is 0. The number of carboxylic acid groups (broad SMARTS) is 1. The van der Waals surface area contributed by atoms with Crippen molar-refractivity contribution in [2.75, 3.05) is 6.54 Å². The van der Waals surface area contributed by atoms with Gasteiger partial charge in [-0.25, -0.2) is 4.79 Å². The Morgan fingerprint density at radius 3 is 2.33 bits per heavy atom. The molecule has 2 amide bonds. The average molecular weight is 256 g/mol. The number of aliphatic carboxylic acids is 1. The highest BCUT2D eigenvalue weighted by molar-refractivity contribution is 5.75. The molecule has 1 aliphatic carbocycles. The number of urea groups is 1. The predicted octanol–water partition coefficient (Wildman–Crippen LogP) is 2.12. The zero-order chi connectivity index (χ0) is 13.8. The van der Waals surface area contributed by atoms with Gasteiger partial charge < -0.3 is 15.7 Å². The third-order valence-electron chi connectivity index (χ3n) is 3.90. The molecule has 0 aromatic rings. The van der Waals surface area contributed by atoms with Gasteiger partial charge in [-0.3, -0.25) is 4.79 Å². The number of nitrogens with one attached hydrogen (secondary N) is 2. The molecule has 1 aliphatic rings. The zero-order valence-electron chi connectivity index (χ0n) is 11.5. The van der Waals surface area contributed by atoms with Crippen LogP contribution in [0.4, 0.5) is 4.79 Å². The van der Waals surface area contributed by atoms with Gasteiger partial charge >= 0.3 is 12.0 Å². The normalized spacial score (nSPS) is 17.7. The number of rotatable bonds is 6. The van der Waals surface area contributed by atoms with Crippen LogP contribution in [0.1, 0.15) is 52.9 Å². The van der Waals surface area contributed by atoms with E-state index in [1.807, 2.05) is 20.8 Å². The van der Waals surface area contributed by atoms with Gasteiger partial charge in [0.15, 0.2) is 0 Å². The van der Waals surface area contributed by atoms with Crippen LogP contribution in [0, 0.1) is 5.41 Å². The SMILES string of the molecule is CCC(C)(C)NC(=O)NCC1(CC(=O)O)CCC1. The van der Waals surface area contributed by atoms with Gasteiger partial charge in [0, 0.05) is 12.1 Å². The fourth-order valence-electron chi connectivity index (χ4n) is 2.12. The predicted molar refractivity (Wildman–Crippen MR) is 69.4 cm³/mol. The molecule has 1 rings (SSSR count). The molecule has 1 saturated carbocycles. The first-order valence-electron chi connectivity index (χ1n) is 6.56. The lowest BCUT2D eigenvalue weighted by Gasteiger charge is -2.41. The summed E-state index contributed by atoms with van der Waals surface area (Å²) in [4.78, 5) is 22.5. The summed E-state index contributed by atoms with van der Waals surface area (Å²) in [6.07, 6.45) is 3.82. The van der Waals surface area contributed by atoms with Crippen molar-refractivity contribution in [1.82, 2.24) is 10.6 Å². The van der Waals surface area contributed by atoms with E-state index >= 15 is 0 Å². The molecule has 0 bridgehead atoms. The highest BCUT2D eigenvalue weighted by atomic mass is 16.4. The minimum Gasteiger partial charge on any atom is -0.481 e. The number of hydrogen-bond acceptors (Lipinski definition) is 2. The molecule has 0 atom stereocenters. The second-order valence-corrected chi connectivity index (χ2v) is 5.97. The highest BCUT2D eigenvalue weighted by Crippen LogP contribution is 2.43. The van der Waals surface area contributed by atoms with E-state index in [2.05, 4.69) is 10.6 Å². The first-order valence-corrected chi connectivity index (χ1v) is 6.56. The van der Waals surface area contributed by atoms with E-state index in [0.29, 0.717) is 6.54 Å². The largest absolute Gasteiger partial charge is 0.481 e. The molecular formula is C13H24N2O3. The van der Waals surface area contributed by atoms with Gasteiger partial charge in [0.1, 0.15) is 0 Å². The van der Waals surface area contributed by atoms with Crippen LogP contribution in [-0.4, -0.2) is 29.2 Å². The van der Waals surface area contributed by atoms with E-state index in [1.54, 1.807) is 0 Å². The molecule has 0 radical (unpaired) electrons.